The Morgan fingerprint density at radius 2 is 2.04 bits per heavy atom. The number of nitro benzene ring substituents is 1. The summed E-state index contributed by atoms with van der Waals surface area (Å²) in [4.78, 5) is 37.1. The number of hydrogen-bond acceptors (Lipinski definition) is 6. The van der Waals surface area contributed by atoms with E-state index < -0.39 is 16.9 Å². The number of carbonyl (C=O) groups is 2. The first-order chi connectivity index (χ1) is 12.1. The molecule has 0 bridgehead atoms. The highest BCUT2D eigenvalue weighted by Crippen LogP contribution is 2.23. The van der Waals surface area contributed by atoms with Crippen LogP contribution in [-0.2, 0) is 16.1 Å². The molecule has 1 aliphatic rings. The number of esters is 1. The third-order valence-electron chi connectivity index (χ3n) is 4.05. The number of amides is 1. The molecule has 1 aromatic carbocycles. The second-order valence-electron chi connectivity index (χ2n) is 5.67. The molecule has 8 heteroatoms. The maximum absolute atomic E-state index is 12.5. The molecule has 25 heavy (non-hydrogen) atoms. The van der Waals surface area contributed by atoms with E-state index in [9.17, 15) is 19.7 Å². The number of nitro groups is 1. The lowest BCUT2D eigenvalue weighted by atomic mass is 10.2. The third-order valence-corrected chi connectivity index (χ3v) is 4.90. The zero-order valence-corrected chi connectivity index (χ0v) is 14.1. The van der Waals surface area contributed by atoms with E-state index in [0.717, 1.165) is 6.42 Å². The molecule has 1 unspecified atom stereocenters. The van der Waals surface area contributed by atoms with Gasteiger partial charge in [-0.05, 0) is 42.0 Å². The minimum Gasteiger partial charge on any atom is -0.459 e. The smallest absolute Gasteiger partial charge is 0.329 e. The molecule has 2 heterocycles. The normalized spacial score (nSPS) is 16.6. The van der Waals surface area contributed by atoms with Gasteiger partial charge in [-0.15, -0.1) is 11.3 Å². The van der Waals surface area contributed by atoms with Gasteiger partial charge in [-0.2, -0.15) is 0 Å². The van der Waals surface area contributed by atoms with E-state index in [1.54, 1.807) is 29.2 Å². The van der Waals surface area contributed by atoms with E-state index in [1.807, 2.05) is 5.38 Å². The fraction of sp³-hybridized carbons (Fsp3) is 0.294. The number of non-ortho nitro benzene ring substituents is 1. The average molecular weight is 360 g/mol. The van der Waals surface area contributed by atoms with Crippen LogP contribution in [-0.4, -0.2) is 34.3 Å². The van der Waals surface area contributed by atoms with Crippen molar-refractivity contribution in [1.29, 1.82) is 0 Å². The molecule has 0 spiro atoms. The summed E-state index contributed by atoms with van der Waals surface area (Å²) < 4.78 is 5.31. The van der Waals surface area contributed by atoms with Gasteiger partial charge in [0.1, 0.15) is 12.6 Å². The molecule has 1 saturated heterocycles. The Bertz CT molecular complexity index is 773. The molecule has 7 nitrogen and oxygen atoms in total. The quantitative estimate of drug-likeness (QED) is 0.464. The van der Waals surface area contributed by atoms with Crippen molar-refractivity contribution in [1.82, 2.24) is 4.90 Å². The first-order valence-corrected chi connectivity index (χ1v) is 8.68. The van der Waals surface area contributed by atoms with Crippen LogP contribution < -0.4 is 0 Å². The van der Waals surface area contributed by atoms with E-state index in [2.05, 4.69) is 0 Å². The maximum Gasteiger partial charge on any atom is 0.329 e. The third kappa shape index (κ3) is 3.85. The van der Waals surface area contributed by atoms with Crippen LogP contribution in [0.1, 0.15) is 28.1 Å². The number of nitrogens with zero attached hydrogens (tertiary/aromatic N) is 2. The van der Waals surface area contributed by atoms with E-state index in [-0.39, 0.29) is 18.2 Å². The van der Waals surface area contributed by atoms with Crippen LogP contribution >= 0.6 is 11.3 Å². The number of thiophene rings is 1. The van der Waals surface area contributed by atoms with Gasteiger partial charge in [0, 0.05) is 18.7 Å². The Hall–Kier alpha value is -2.74. The lowest BCUT2D eigenvalue weighted by Crippen LogP contribution is -2.41. The molecular weight excluding hydrogens is 344 g/mol. The molecule has 1 amide bonds. The topological polar surface area (TPSA) is 89.8 Å². The second kappa shape index (κ2) is 7.43. The van der Waals surface area contributed by atoms with Gasteiger partial charge in [0.15, 0.2) is 0 Å². The lowest BCUT2D eigenvalue weighted by Gasteiger charge is -2.22. The molecule has 3 rings (SSSR count). The summed E-state index contributed by atoms with van der Waals surface area (Å²) in [6.45, 7) is 0.558. The van der Waals surface area contributed by atoms with Crippen LogP contribution in [0.2, 0.25) is 0 Å². The highest BCUT2D eigenvalue weighted by Gasteiger charge is 2.36. The molecule has 0 N–H and O–H groups in total. The first kappa shape index (κ1) is 17.1. The Labute approximate surface area is 148 Å². The summed E-state index contributed by atoms with van der Waals surface area (Å²) in [7, 11) is 0. The van der Waals surface area contributed by atoms with Crippen molar-refractivity contribution in [2.24, 2.45) is 0 Å². The Balaban J connectivity index is 1.60. The molecular formula is C17H16N2O5S. The fourth-order valence-corrected chi connectivity index (χ4v) is 3.44. The number of hydrogen-bond donors (Lipinski definition) is 0. The predicted molar refractivity (Wildman–Crippen MR) is 91.3 cm³/mol. The van der Waals surface area contributed by atoms with Crippen molar-refractivity contribution in [3.8, 4) is 0 Å². The van der Waals surface area contributed by atoms with E-state index in [1.165, 1.54) is 23.5 Å². The molecule has 1 fully saturated rings. The SMILES string of the molecule is O=C(OCc1ccc([N+](=O)[O-])cc1)C1CCCN1C(=O)c1cccs1. The number of likely N-dealkylation sites (tertiary alicyclic amines) is 1. The maximum atomic E-state index is 12.5. The second-order valence-corrected chi connectivity index (χ2v) is 6.61. The van der Waals surface area contributed by atoms with Crippen molar-refractivity contribution in [3.63, 3.8) is 0 Å². The molecule has 1 atom stereocenters. The van der Waals surface area contributed by atoms with Crippen molar-refractivity contribution < 1.29 is 19.2 Å². The van der Waals surface area contributed by atoms with Crippen LogP contribution in [0.4, 0.5) is 5.69 Å². The van der Waals surface area contributed by atoms with Crippen LogP contribution in [0, 0.1) is 10.1 Å². The zero-order valence-electron chi connectivity index (χ0n) is 13.3. The van der Waals surface area contributed by atoms with Gasteiger partial charge in [0.25, 0.3) is 11.6 Å². The van der Waals surface area contributed by atoms with Gasteiger partial charge in [-0.3, -0.25) is 14.9 Å². The molecule has 2 aromatic rings. The Morgan fingerprint density at radius 3 is 2.68 bits per heavy atom. The summed E-state index contributed by atoms with van der Waals surface area (Å²) in [5.74, 6) is -0.592. The average Bonchev–Trinajstić information content (AvgIpc) is 3.30. The van der Waals surface area contributed by atoms with Gasteiger partial charge in [-0.1, -0.05) is 6.07 Å². The Kier molecular flexibility index (Phi) is 5.08. The molecule has 0 saturated carbocycles. The number of rotatable bonds is 5. The van der Waals surface area contributed by atoms with E-state index >= 15 is 0 Å². The molecule has 0 aliphatic carbocycles. The summed E-state index contributed by atoms with van der Waals surface area (Å²) in [6.07, 6.45) is 1.34. The van der Waals surface area contributed by atoms with Crippen LogP contribution in [0.15, 0.2) is 41.8 Å². The highest BCUT2D eigenvalue weighted by molar-refractivity contribution is 7.12. The minimum absolute atomic E-state index is 0.0152. The number of carbonyl (C=O) groups excluding carboxylic acids is 2. The summed E-state index contributed by atoms with van der Waals surface area (Å²) in [6, 6.07) is 8.80. The monoisotopic (exact) mass is 360 g/mol. The van der Waals surface area contributed by atoms with Gasteiger partial charge < -0.3 is 9.64 Å². The van der Waals surface area contributed by atoms with Crippen molar-refractivity contribution in [2.45, 2.75) is 25.5 Å². The summed E-state index contributed by atoms with van der Waals surface area (Å²) >= 11 is 1.35. The summed E-state index contributed by atoms with van der Waals surface area (Å²) in [5, 5.41) is 12.5. The highest BCUT2D eigenvalue weighted by atomic mass is 32.1. The standard InChI is InChI=1S/C17H16N2O5S/c20-16(15-4-2-10-25-15)18-9-1-3-14(18)17(21)24-11-12-5-7-13(8-6-12)19(22)23/h2,4-8,10,14H,1,3,9,11H2. The number of ether oxygens (including phenoxy) is 1. The van der Waals surface area contributed by atoms with Crippen LogP contribution in [0.3, 0.4) is 0 Å². The van der Waals surface area contributed by atoms with Crippen LogP contribution in [0.25, 0.3) is 0 Å². The van der Waals surface area contributed by atoms with Gasteiger partial charge in [0.05, 0.1) is 9.80 Å². The van der Waals surface area contributed by atoms with Gasteiger partial charge >= 0.3 is 5.97 Å². The molecule has 1 aromatic heterocycles. The fourth-order valence-electron chi connectivity index (χ4n) is 2.76. The zero-order chi connectivity index (χ0) is 17.8. The van der Waals surface area contributed by atoms with Crippen LogP contribution in [0.5, 0.6) is 0 Å². The number of benzene rings is 1. The predicted octanol–water partition coefficient (Wildman–Crippen LogP) is 3.00. The molecule has 0 radical (unpaired) electrons. The van der Waals surface area contributed by atoms with Crippen molar-refractivity contribution in [3.05, 3.63) is 62.3 Å². The van der Waals surface area contributed by atoms with Gasteiger partial charge in [0.2, 0.25) is 0 Å². The molecule has 1 aliphatic heterocycles. The minimum atomic E-state index is -0.576. The first-order valence-electron chi connectivity index (χ1n) is 7.80. The van der Waals surface area contributed by atoms with Gasteiger partial charge in [-0.25, -0.2) is 4.79 Å². The van der Waals surface area contributed by atoms with Crippen molar-refractivity contribution >= 4 is 28.9 Å². The Morgan fingerprint density at radius 1 is 1.28 bits per heavy atom. The van der Waals surface area contributed by atoms with E-state index in [0.29, 0.717) is 23.4 Å². The molecule has 130 valence electrons. The lowest BCUT2D eigenvalue weighted by molar-refractivity contribution is -0.384. The van der Waals surface area contributed by atoms with E-state index in [4.69, 9.17) is 4.74 Å². The summed E-state index contributed by atoms with van der Waals surface area (Å²) in [5.41, 5.74) is 0.645. The largest absolute Gasteiger partial charge is 0.459 e. The van der Waals surface area contributed by atoms with Crippen molar-refractivity contribution in [2.75, 3.05) is 6.54 Å².